The molecule has 2 heterocycles. The van der Waals surface area contributed by atoms with Crippen molar-refractivity contribution < 1.29 is 5.11 Å². The maximum atomic E-state index is 9.98. The van der Waals surface area contributed by atoms with Crippen molar-refractivity contribution in [2.75, 3.05) is 17.8 Å². The molecule has 0 amide bonds. The van der Waals surface area contributed by atoms with Gasteiger partial charge in [0.05, 0.1) is 12.1 Å². The molecule has 1 aromatic rings. The zero-order valence-electron chi connectivity index (χ0n) is 11.1. The Balaban J connectivity index is 1.78. The molecule has 2 aliphatic rings. The second-order valence-electron chi connectivity index (χ2n) is 4.99. The molecule has 3 N–H and O–H groups in total. The van der Waals surface area contributed by atoms with E-state index in [0.29, 0.717) is 16.7 Å². The molecule has 1 aliphatic heterocycles. The van der Waals surface area contributed by atoms with Gasteiger partial charge in [-0.2, -0.15) is 10.2 Å². The fourth-order valence-corrected chi connectivity index (χ4v) is 3.29. The van der Waals surface area contributed by atoms with Crippen molar-refractivity contribution in [1.29, 1.82) is 5.26 Å². The normalized spacial score (nSPS) is 25.2. The van der Waals surface area contributed by atoms with E-state index in [9.17, 15) is 5.11 Å². The predicted molar refractivity (Wildman–Crippen MR) is 78.1 cm³/mol. The largest absolute Gasteiger partial charge is 0.391 e. The van der Waals surface area contributed by atoms with Gasteiger partial charge in [0.15, 0.2) is 16.0 Å². The minimum atomic E-state index is -0.321. The van der Waals surface area contributed by atoms with Crippen LogP contribution in [0, 0.1) is 11.3 Å². The quantitative estimate of drug-likeness (QED) is 0.767. The number of nitriles is 1. The monoisotopic (exact) mass is 292 g/mol. The van der Waals surface area contributed by atoms with Crippen LogP contribution in [0.5, 0.6) is 0 Å². The van der Waals surface area contributed by atoms with Crippen LogP contribution < -0.4 is 10.7 Å². The Kier molecular flexibility index (Phi) is 3.46. The van der Waals surface area contributed by atoms with E-state index in [1.54, 1.807) is 12.1 Å². The highest BCUT2D eigenvalue weighted by atomic mass is 32.1. The van der Waals surface area contributed by atoms with Gasteiger partial charge in [-0.05, 0) is 12.8 Å². The summed E-state index contributed by atoms with van der Waals surface area (Å²) in [5, 5.41) is 25.2. The van der Waals surface area contributed by atoms with Gasteiger partial charge >= 0.3 is 0 Å². The van der Waals surface area contributed by atoms with Crippen LogP contribution in [0.1, 0.15) is 25.7 Å². The fourth-order valence-electron chi connectivity index (χ4n) is 2.44. The van der Waals surface area contributed by atoms with Crippen LogP contribution in [0.4, 0.5) is 16.0 Å². The molecule has 0 bridgehead atoms. The first-order chi connectivity index (χ1) is 9.67. The van der Waals surface area contributed by atoms with Crippen LogP contribution in [0.15, 0.2) is 4.99 Å². The number of thiazole rings is 1. The first kappa shape index (κ1) is 13.1. The number of hydrogen-bond donors (Lipinski definition) is 3. The van der Waals surface area contributed by atoms with Crippen molar-refractivity contribution in [3.8, 4) is 6.07 Å². The third-order valence-electron chi connectivity index (χ3n) is 3.55. The lowest BCUT2D eigenvalue weighted by molar-refractivity contribution is 0.116. The minimum Gasteiger partial charge on any atom is -0.391 e. The van der Waals surface area contributed by atoms with Crippen LogP contribution in [0.25, 0.3) is 0 Å². The molecular weight excluding hydrogens is 276 g/mol. The topological polar surface area (TPSA) is 96.6 Å². The van der Waals surface area contributed by atoms with Crippen LogP contribution in [-0.4, -0.2) is 40.1 Å². The molecule has 1 fully saturated rings. The van der Waals surface area contributed by atoms with Gasteiger partial charge in [-0.3, -0.25) is 10.4 Å². The number of hydrazine groups is 1. The second kappa shape index (κ2) is 5.26. The molecule has 7 nitrogen and oxygen atoms in total. The van der Waals surface area contributed by atoms with Gasteiger partial charge in [0.25, 0.3) is 0 Å². The number of nitrogens with zero attached hydrogens (tertiary/aromatic N) is 4. The Bertz CT molecular complexity index is 577. The molecule has 8 heteroatoms. The Morgan fingerprint density at radius 1 is 1.50 bits per heavy atom. The first-order valence-electron chi connectivity index (χ1n) is 6.62. The Labute approximate surface area is 120 Å². The average Bonchev–Trinajstić information content (AvgIpc) is 2.81. The summed E-state index contributed by atoms with van der Waals surface area (Å²) < 4.78 is 0. The minimum absolute atomic E-state index is 0.0495. The maximum Gasteiger partial charge on any atom is 0.228 e. The lowest BCUT2D eigenvalue weighted by Crippen LogP contribution is -2.36. The van der Waals surface area contributed by atoms with Gasteiger partial charge in [-0.25, -0.2) is 4.99 Å². The van der Waals surface area contributed by atoms with E-state index in [1.165, 1.54) is 11.3 Å². The Hall–Kier alpha value is -1.85. The molecule has 1 saturated carbocycles. The highest BCUT2D eigenvalue weighted by Crippen LogP contribution is 2.38. The summed E-state index contributed by atoms with van der Waals surface area (Å²) in [6, 6.07) is 2.07. The van der Waals surface area contributed by atoms with Gasteiger partial charge in [-0.15, -0.1) is 0 Å². The van der Waals surface area contributed by atoms with Gasteiger partial charge in [0.2, 0.25) is 5.84 Å². The molecule has 0 spiro atoms. The van der Waals surface area contributed by atoms with Crippen molar-refractivity contribution in [2.45, 2.75) is 37.8 Å². The molecule has 0 aromatic carbocycles. The SMILES string of the molecule is CN1Nc2nc(N[C@@H]3CCCC[C@H]3O)sc2N=C1C#N. The van der Waals surface area contributed by atoms with E-state index in [1.807, 2.05) is 6.07 Å². The summed E-state index contributed by atoms with van der Waals surface area (Å²) in [6.45, 7) is 0. The molecule has 0 radical (unpaired) electrons. The smallest absolute Gasteiger partial charge is 0.228 e. The number of aliphatic hydroxyl groups is 1. The third kappa shape index (κ3) is 2.42. The number of aromatic nitrogens is 1. The van der Waals surface area contributed by atoms with Gasteiger partial charge in [0, 0.05) is 7.05 Å². The van der Waals surface area contributed by atoms with E-state index >= 15 is 0 Å². The number of nitrogens with one attached hydrogen (secondary N) is 2. The van der Waals surface area contributed by atoms with Gasteiger partial charge < -0.3 is 10.4 Å². The van der Waals surface area contributed by atoms with Crippen molar-refractivity contribution in [3.05, 3.63) is 0 Å². The van der Waals surface area contributed by atoms with Crippen LogP contribution in [0.2, 0.25) is 0 Å². The summed E-state index contributed by atoms with van der Waals surface area (Å²) in [4.78, 5) is 8.68. The zero-order chi connectivity index (χ0) is 14.1. The Morgan fingerprint density at radius 3 is 3.05 bits per heavy atom. The molecule has 1 aliphatic carbocycles. The number of aliphatic imine (C=N–C) groups is 1. The number of anilines is 2. The molecule has 106 valence electrons. The summed E-state index contributed by atoms with van der Waals surface area (Å²) >= 11 is 1.39. The van der Waals surface area contributed by atoms with Crippen LogP contribution in [-0.2, 0) is 0 Å². The van der Waals surface area contributed by atoms with E-state index in [4.69, 9.17) is 5.26 Å². The summed E-state index contributed by atoms with van der Waals surface area (Å²) in [5.41, 5.74) is 3.01. The highest BCUT2D eigenvalue weighted by Gasteiger charge is 2.26. The number of aliphatic hydroxyl groups excluding tert-OH is 1. The second-order valence-corrected chi connectivity index (χ2v) is 5.97. The van der Waals surface area contributed by atoms with Gasteiger partial charge in [-0.1, -0.05) is 24.2 Å². The van der Waals surface area contributed by atoms with Crippen molar-refractivity contribution in [3.63, 3.8) is 0 Å². The first-order valence-corrected chi connectivity index (χ1v) is 7.43. The number of rotatable bonds is 2. The molecule has 1 aromatic heterocycles. The number of hydrogen-bond acceptors (Lipinski definition) is 8. The molecule has 3 rings (SSSR count). The summed E-state index contributed by atoms with van der Waals surface area (Å²) in [6.07, 6.45) is 3.66. The molecular formula is C12H16N6OS. The number of fused-ring (bicyclic) bond motifs is 1. The van der Waals surface area contributed by atoms with E-state index in [-0.39, 0.29) is 12.1 Å². The summed E-state index contributed by atoms with van der Waals surface area (Å²) in [7, 11) is 1.72. The zero-order valence-corrected chi connectivity index (χ0v) is 11.9. The van der Waals surface area contributed by atoms with Crippen molar-refractivity contribution in [1.82, 2.24) is 9.99 Å². The molecule has 0 unspecified atom stereocenters. The van der Waals surface area contributed by atoms with E-state index in [2.05, 4.69) is 20.7 Å². The van der Waals surface area contributed by atoms with Gasteiger partial charge in [0.1, 0.15) is 6.07 Å². The lowest BCUT2D eigenvalue weighted by Gasteiger charge is -2.27. The van der Waals surface area contributed by atoms with E-state index < -0.39 is 0 Å². The standard InChI is InChI=1S/C12H16N6OS/c1-18-9(6-13)15-11-10(17-18)16-12(20-11)14-7-4-2-3-5-8(7)19/h7-8,17,19H,2-5H2,1H3,(H,14,16)/t7-,8-/m1/s1. The summed E-state index contributed by atoms with van der Waals surface area (Å²) in [5.74, 6) is 0.953. The maximum absolute atomic E-state index is 9.98. The van der Waals surface area contributed by atoms with Crippen LogP contribution >= 0.6 is 11.3 Å². The van der Waals surface area contributed by atoms with E-state index in [0.717, 1.165) is 30.8 Å². The third-order valence-corrected chi connectivity index (χ3v) is 4.43. The average molecular weight is 292 g/mol. The predicted octanol–water partition coefficient (Wildman–Crippen LogP) is 1.68. The fraction of sp³-hybridized carbons (Fsp3) is 0.583. The Morgan fingerprint density at radius 2 is 2.30 bits per heavy atom. The lowest BCUT2D eigenvalue weighted by atomic mass is 9.93. The highest BCUT2D eigenvalue weighted by molar-refractivity contribution is 7.19. The molecule has 0 saturated heterocycles. The van der Waals surface area contributed by atoms with Crippen molar-refractivity contribution in [2.24, 2.45) is 4.99 Å². The molecule has 2 atom stereocenters. The van der Waals surface area contributed by atoms with Crippen LogP contribution in [0.3, 0.4) is 0 Å². The van der Waals surface area contributed by atoms with Crippen molar-refractivity contribution >= 4 is 33.1 Å². The molecule has 20 heavy (non-hydrogen) atoms. The number of amidine groups is 1.